The zero-order valence-electron chi connectivity index (χ0n) is 10.5. The molecule has 0 heterocycles. The molecule has 1 atom stereocenters. The Hall–Kier alpha value is -1.19. The van der Waals surface area contributed by atoms with Crippen molar-refractivity contribution in [3.63, 3.8) is 0 Å². The molecule has 0 aliphatic heterocycles. The molecule has 1 nitrogen and oxygen atoms in total. The molecule has 2 aromatic rings. The second kappa shape index (κ2) is 5.43. The molecule has 2 aromatic carbocycles. The third-order valence-electron chi connectivity index (χ3n) is 3.70. The van der Waals surface area contributed by atoms with Gasteiger partial charge >= 0.3 is 0 Å². The summed E-state index contributed by atoms with van der Waals surface area (Å²) >= 11 is 3.31. The second-order valence-electron chi connectivity index (χ2n) is 4.88. The van der Waals surface area contributed by atoms with Gasteiger partial charge < -0.3 is 5.32 Å². The predicted molar refractivity (Wildman–Crippen MR) is 78.4 cm³/mol. The number of fused-ring (bicyclic) bond motifs is 1. The van der Waals surface area contributed by atoms with Crippen molar-refractivity contribution in [2.45, 2.75) is 25.4 Å². The Bertz CT molecular complexity index is 597. The Morgan fingerprint density at radius 3 is 2.89 bits per heavy atom. The van der Waals surface area contributed by atoms with E-state index in [1.165, 1.54) is 17.2 Å². The largest absolute Gasteiger partial charge is 0.306 e. The van der Waals surface area contributed by atoms with Crippen molar-refractivity contribution in [2.24, 2.45) is 0 Å². The second-order valence-corrected chi connectivity index (χ2v) is 5.68. The summed E-state index contributed by atoms with van der Waals surface area (Å²) in [6.45, 7) is 0.678. The molecule has 1 N–H and O–H groups in total. The van der Waals surface area contributed by atoms with Crippen molar-refractivity contribution in [3.05, 3.63) is 69.4 Å². The van der Waals surface area contributed by atoms with E-state index in [4.69, 9.17) is 0 Å². The number of halogens is 2. The number of aryl methyl sites for hydroxylation is 1. The Kier molecular flexibility index (Phi) is 3.67. The molecule has 19 heavy (non-hydrogen) atoms. The van der Waals surface area contributed by atoms with Gasteiger partial charge in [-0.05, 0) is 51.5 Å². The van der Waals surface area contributed by atoms with Crippen LogP contribution >= 0.6 is 15.9 Å². The standard InChI is InChI=1S/C16H15BrFN/c17-16-12(5-3-7-14(16)18)10-19-15-9-8-11-4-1-2-6-13(11)15/h1-7,15,19H,8-10H2. The molecule has 0 spiro atoms. The van der Waals surface area contributed by atoms with Gasteiger partial charge in [-0.2, -0.15) is 0 Å². The van der Waals surface area contributed by atoms with Crippen molar-refractivity contribution >= 4 is 15.9 Å². The van der Waals surface area contributed by atoms with Gasteiger partial charge in [-0.15, -0.1) is 0 Å². The van der Waals surface area contributed by atoms with Gasteiger partial charge in [0.15, 0.2) is 0 Å². The van der Waals surface area contributed by atoms with E-state index >= 15 is 0 Å². The SMILES string of the molecule is Fc1cccc(CNC2CCc3ccccc32)c1Br. The van der Waals surface area contributed by atoms with Crippen LogP contribution in [0.25, 0.3) is 0 Å². The first-order valence-corrected chi connectivity index (χ1v) is 7.29. The fourth-order valence-electron chi connectivity index (χ4n) is 2.69. The maximum absolute atomic E-state index is 13.4. The Balaban J connectivity index is 1.73. The van der Waals surface area contributed by atoms with E-state index in [0.29, 0.717) is 17.1 Å². The molecule has 0 saturated carbocycles. The van der Waals surface area contributed by atoms with Crippen LogP contribution in [-0.4, -0.2) is 0 Å². The number of rotatable bonds is 3. The van der Waals surface area contributed by atoms with E-state index in [0.717, 1.165) is 18.4 Å². The molecule has 98 valence electrons. The quantitative estimate of drug-likeness (QED) is 0.886. The molecule has 0 aromatic heterocycles. The third kappa shape index (κ3) is 2.58. The lowest BCUT2D eigenvalue weighted by molar-refractivity contribution is 0.526. The molecule has 0 saturated heterocycles. The summed E-state index contributed by atoms with van der Waals surface area (Å²) in [5, 5.41) is 3.53. The van der Waals surface area contributed by atoms with Crippen molar-refractivity contribution in [2.75, 3.05) is 0 Å². The molecule has 1 aliphatic carbocycles. The maximum atomic E-state index is 13.4. The van der Waals surface area contributed by atoms with Crippen LogP contribution in [0.4, 0.5) is 4.39 Å². The van der Waals surface area contributed by atoms with Crippen LogP contribution in [0.15, 0.2) is 46.9 Å². The molecule has 1 aliphatic rings. The van der Waals surface area contributed by atoms with E-state index in [-0.39, 0.29) is 5.82 Å². The van der Waals surface area contributed by atoms with Crippen LogP contribution in [0.2, 0.25) is 0 Å². The highest BCUT2D eigenvalue weighted by Gasteiger charge is 2.21. The molecular weight excluding hydrogens is 305 g/mol. The molecule has 0 radical (unpaired) electrons. The van der Waals surface area contributed by atoms with E-state index < -0.39 is 0 Å². The van der Waals surface area contributed by atoms with E-state index in [1.807, 2.05) is 6.07 Å². The molecule has 0 fully saturated rings. The summed E-state index contributed by atoms with van der Waals surface area (Å²) < 4.78 is 14.0. The number of benzene rings is 2. The summed E-state index contributed by atoms with van der Waals surface area (Å²) in [6.07, 6.45) is 2.24. The predicted octanol–water partition coefficient (Wildman–Crippen LogP) is 4.37. The summed E-state index contributed by atoms with van der Waals surface area (Å²) in [4.78, 5) is 0. The number of hydrogen-bond acceptors (Lipinski definition) is 1. The number of nitrogens with one attached hydrogen (secondary N) is 1. The van der Waals surface area contributed by atoms with Crippen molar-refractivity contribution in [3.8, 4) is 0 Å². The van der Waals surface area contributed by atoms with Gasteiger partial charge in [0.25, 0.3) is 0 Å². The Morgan fingerprint density at radius 1 is 1.16 bits per heavy atom. The number of hydrogen-bond donors (Lipinski definition) is 1. The fourth-order valence-corrected chi connectivity index (χ4v) is 3.09. The van der Waals surface area contributed by atoms with Crippen molar-refractivity contribution < 1.29 is 4.39 Å². The van der Waals surface area contributed by atoms with Gasteiger partial charge in [-0.25, -0.2) is 4.39 Å². The Morgan fingerprint density at radius 2 is 2.00 bits per heavy atom. The van der Waals surface area contributed by atoms with Crippen LogP contribution in [0.3, 0.4) is 0 Å². The van der Waals surface area contributed by atoms with Crippen molar-refractivity contribution in [1.29, 1.82) is 0 Å². The van der Waals surface area contributed by atoms with Crippen LogP contribution < -0.4 is 5.32 Å². The minimum Gasteiger partial charge on any atom is -0.306 e. The lowest BCUT2D eigenvalue weighted by Gasteiger charge is -2.15. The zero-order valence-corrected chi connectivity index (χ0v) is 12.1. The Labute approximate surface area is 121 Å². The van der Waals surface area contributed by atoms with Gasteiger partial charge in [0, 0.05) is 12.6 Å². The van der Waals surface area contributed by atoms with Gasteiger partial charge in [-0.3, -0.25) is 0 Å². The van der Waals surface area contributed by atoms with Crippen LogP contribution in [-0.2, 0) is 13.0 Å². The fraction of sp³-hybridized carbons (Fsp3) is 0.250. The normalized spacial score (nSPS) is 17.5. The molecule has 3 heteroatoms. The lowest BCUT2D eigenvalue weighted by Crippen LogP contribution is -2.19. The highest BCUT2D eigenvalue weighted by molar-refractivity contribution is 9.10. The van der Waals surface area contributed by atoms with Gasteiger partial charge in [0.05, 0.1) is 4.47 Å². The smallest absolute Gasteiger partial charge is 0.137 e. The maximum Gasteiger partial charge on any atom is 0.137 e. The highest BCUT2D eigenvalue weighted by Crippen LogP contribution is 2.31. The first kappa shape index (κ1) is 12.8. The van der Waals surface area contributed by atoms with Crippen LogP contribution in [0.1, 0.15) is 29.2 Å². The third-order valence-corrected chi connectivity index (χ3v) is 4.59. The van der Waals surface area contributed by atoms with E-state index in [9.17, 15) is 4.39 Å². The molecular formula is C16H15BrFN. The molecule has 0 bridgehead atoms. The van der Waals surface area contributed by atoms with Gasteiger partial charge in [0.2, 0.25) is 0 Å². The summed E-state index contributed by atoms with van der Waals surface area (Å²) in [5.74, 6) is -0.203. The first-order chi connectivity index (χ1) is 9.25. The molecule has 1 unspecified atom stereocenters. The summed E-state index contributed by atoms with van der Waals surface area (Å²) in [7, 11) is 0. The van der Waals surface area contributed by atoms with Gasteiger partial charge in [0.1, 0.15) is 5.82 Å². The lowest BCUT2D eigenvalue weighted by atomic mass is 10.1. The first-order valence-electron chi connectivity index (χ1n) is 6.50. The minimum atomic E-state index is -0.203. The average Bonchev–Trinajstić information content (AvgIpc) is 2.84. The average molecular weight is 320 g/mol. The van der Waals surface area contributed by atoms with E-state index in [2.05, 4.69) is 45.5 Å². The molecule has 3 rings (SSSR count). The monoisotopic (exact) mass is 319 g/mol. The van der Waals surface area contributed by atoms with E-state index in [1.54, 1.807) is 6.07 Å². The topological polar surface area (TPSA) is 12.0 Å². The van der Waals surface area contributed by atoms with Gasteiger partial charge in [-0.1, -0.05) is 36.4 Å². The van der Waals surface area contributed by atoms with Crippen molar-refractivity contribution in [1.82, 2.24) is 5.32 Å². The zero-order chi connectivity index (χ0) is 13.2. The molecule has 0 amide bonds. The summed E-state index contributed by atoms with van der Waals surface area (Å²) in [6, 6.07) is 14.1. The van der Waals surface area contributed by atoms with Crippen LogP contribution in [0.5, 0.6) is 0 Å². The van der Waals surface area contributed by atoms with Crippen LogP contribution in [0, 0.1) is 5.82 Å². The minimum absolute atomic E-state index is 0.203. The summed E-state index contributed by atoms with van der Waals surface area (Å²) in [5.41, 5.74) is 3.78. The highest BCUT2D eigenvalue weighted by atomic mass is 79.9.